The highest BCUT2D eigenvalue weighted by molar-refractivity contribution is 6.30. The first kappa shape index (κ1) is 15.6. The van der Waals surface area contributed by atoms with Crippen LogP contribution in [0.25, 0.3) is 16.7 Å². The quantitative estimate of drug-likeness (QED) is 0.576. The smallest absolute Gasteiger partial charge is 0.168 e. The number of aryl methyl sites for hydroxylation is 1. The van der Waals surface area contributed by atoms with E-state index in [9.17, 15) is 0 Å². The molecular weight excluding hydrogens is 334 g/mol. The first-order valence-corrected chi connectivity index (χ1v) is 8.43. The zero-order chi connectivity index (χ0) is 17.2. The maximum Gasteiger partial charge on any atom is 0.168 e. The molecule has 2 aromatic heterocycles. The predicted octanol–water partition coefficient (Wildman–Crippen LogP) is 4.77. The summed E-state index contributed by atoms with van der Waals surface area (Å²) in [4.78, 5) is 8.75. The monoisotopic (exact) mass is 349 g/mol. The lowest BCUT2D eigenvalue weighted by atomic mass is 10.1. The van der Waals surface area contributed by atoms with E-state index in [1.165, 1.54) is 11.9 Å². The number of anilines is 2. The van der Waals surface area contributed by atoms with E-state index in [1.54, 1.807) is 10.9 Å². The normalized spacial score (nSPS) is 11.0. The van der Waals surface area contributed by atoms with Gasteiger partial charge in [-0.1, -0.05) is 36.7 Å². The summed E-state index contributed by atoms with van der Waals surface area (Å²) in [6.45, 7) is 2.14. The van der Waals surface area contributed by atoms with Crippen LogP contribution in [0.1, 0.15) is 12.5 Å². The first-order chi connectivity index (χ1) is 12.2. The Labute approximate surface area is 150 Å². The molecule has 1 N–H and O–H groups in total. The Balaban J connectivity index is 1.73. The minimum atomic E-state index is 0.657. The van der Waals surface area contributed by atoms with E-state index >= 15 is 0 Å². The van der Waals surface area contributed by atoms with Crippen LogP contribution in [0.3, 0.4) is 0 Å². The minimum absolute atomic E-state index is 0.657. The summed E-state index contributed by atoms with van der Waals surface area (Å²) in [5.74, 6) is 0.725. The van der Waals surface area contributed by atoms with Crippen molar-refractivity contribution in [2.75, 3.05) is 5.32 Å². The highest BCUT2D eigenvalue weighted by Gasteiger charge is 2.11. The predicted molar refractivity (Wildman–Crippen MR) is 101 cm³/mol. The van der Waals surface area contributed by atoms with Crippen molar-refractivity contribution in [2.24, 2.45) is 0 Å². The van der Waals surface area contributed by atoms with Gasteiger partial charge in [-0.25, -0.2) is 14.6 Å². The highest BCUT2D eigenvalue weighted by Crippen LogP contribution is 2.25. The summed E-state index contributed by atoms with van der Waals surface area (Å²) < 4.78 is 1.76. The van der Waals surface area contributed by atoms with Crippen molar-refractivity contribution in [3.8, 4) is 5.69 Å². The Hall–Kier alpha value is -2.92. The topological polar surface area (TPSA) is 55.6 Å². The molecule has 0 radical (unpaired) electrons. The zero-order valence-corrected chi connectivity index (χ0v) is 14.4. The lowest BCUT2D eigenvalue weighted by Gasteiger charge is -2.08. The van der Waals surface area contributed by atoms with Crippen LogP contribution in [0.5, 0.6) is 0 Å². The molecule has 0 aliphatic carbocycles. The molecule has 0 saturated heterocycles. The van der Waals surface area contributed by atoms with Crippen molar-refractivity contribution in [1.82, 2.24) is 19.7 Å². The van der Waals surface area contributed by atoms with Crippen LogP contribution >= 0.6 is 11.6 Å². The van der Waals surface area contributed by atoms with Gasteiger partial charge in [0.15, 0.2) is 5.65 Å². The number of nitrogens with zero attached hydrogens (tertiary/aromatic N) is 4. The lowest BCUT2D eigenvalue weighted by Crippen LogP contribution is -1.99. The first-order valence-electron chi connectivity index (χ1n) is 8.05. The maximum absolute atomic E-state index is 6.09. The summed E-state index contributed by atoms with van der Waals surface area (Å²) in [5.41, 5.74) is 3.87. The molecule has 0 unspecified atom stereocenters. The Morgan fingerprint density at radius 2 is 1.92 bits per heavy atom. The molecule has 124 valence electrons. The Morgan fingerprint density at radius 3 is 2.68 bits per heavy atom. The van der Waals surface area contributed by atoms with E-state index in [1.807, 2.05) is 36.4 Å². The summed E-state index contributed by atoms with van der Waals surface area (Å²) in [6.07, 6.45) is 4.32. The third kappa shape index (κ3) is 3.06. The highest BCUT2D eigenvalue weighted by atomic mass is 35.5. The molecule has 0 aliphatic heterocycles. The van der Waals surface area contributed by atoms with Crippen LogP contribution in [0.2, 0.25) is 5.02 Å². The van der Waals surface area contributed by atoms with Crippen molar-refractivity contribution in [1.29, 1.82) is 0 Å². The van der Waals surface area contributed by atoms with E-state index in [0.29, 0.717) is 5.02 Å². The molecule has 0 aliphatic rings. The summed E-state index contributed by atoms with van der Waals surface area (Å²) in [5, 5.41) is 9.30. The molecule has 5 nitrogen and oxygen atoms in total. The van der Waals surface area contributed by atoms with Gasteiger partial charge in [0.1, 0.15) is 12.1 Å². The van der Waals surface area contributed by atoms with Gasteiger partial charge in [-0.15, -0.1) is 0 Å². The number of fused-ring (bicyclic) bond motifs is 1. The van der Waals surface area contributed by atoms with Gasteiger partial charge in [0, 0.05) is 10.7 Å². The number of halogens is 1. The summed E-state index contributed by atoms with van der Waals surface area (Å²) in [7, 11) is 0. The molecule has 25 heavy (non-hydrogen) atoms. The van der Waals surface area contributed by atoms with Crippen LogP contribution < -0.4 is 5.32 Å². The standard InChI is InChI=1S/C19H16ClN5/c1-2-13-6-8-15(9-7-13)24-18-17-11-23-25(19(17)22-12-21-18)16-5-3-4-14(20)10-16/h3-12H,2H2,1H3,(H,21,22,24). The third-order valence-corrected chi connectivity index (χ3v) is 4.28. The number of aromatic nitrogens is 4. The molecule has 0 fully saturated rings. The van der Waals surface area contributed by atoms with E-state index in [-0.39, 0.29) is 0 Å². The number of rotatable bonds is 4. The molecular formula is C19H16ClN5. The van der Waals surface area contributed by atoms with E-state index in [0.717, 1.165) is 34.6 Å². The van der Waals surface area contributed by atoms with Gasteiger partial charge in [0.2, 0.25) is 0 Å². The van der Waals surface area contributed by atoms with Crippen LogP contribution in [0.4, 0.5) is 11.5 Å². The molecule has 2 aromatic carbocycles. The van der Waals surface area contributed by atoms with Gasteiger partial charge >= 0.3 is 0 Å². The molecule has 0 saturated carbocycles. The van der Waals surface area contributed by atoms with E-state index < -0.39 is 0 Å². The average Bonchev–Trinajstić information content (AvgIpc) is 3.07. The fraction of sp³-hybridized carbons (Fsp3) is 0.105. The molecule has 4 rings (SSSR count). The molecule has 0 amide bonds. The number of benzene rings is 2. The van der Waals surface area contributed by atoms with Crippen LogP contribution in [-0.2, 0) is 6.42 Å². The molecule has 0 atom stereocenters. The maximum atomic E-state index is 6.09. The van der Waals surface area contributed by atoms with Gasteiger partial charge in [0.05, 0.1) is 17.3 Å². The van der Waals surface area contributed by atoms with E-state index in [2.05, 4.69) is 39.4 Å². The second-order valence-electron chi connectivity index (χ2n) is 5.67. The van der Waals surface area contributed by atoms with Crippen molar-refractivity contribution in [3.05, 3.63) is 71.6 Å². The van der Waals surface area contributed by atoms with Crippen molar-refractivity contribution < 1.29 is 0 Å². The van der Waals surface area contributed by atoms with Gasteiger partial charge in [-0.2, -0.15) is 5.10 Å². The van der Waals surface area contributed by atoms with Crippen molar-refractivity contribution >= 4 is 34.1 Å². The molecule has 2 heterocycles. The van der Waals surface area contributed by atoms with Gasteiger partial charge in [-0.05, 0) is 42.3 Å². The largest absolute Gasteiger partial charge is 0.340 e. The second kappa shape index (κ2) is 6.53. The van der Waals surface area contributed by atoms with Crippen LogP contribution in [-0.4, -0.2) is 19.7 Å². The fourth-order valence-corrected chi connectivity index (χ4v) is 2.89. The van der Waals surface area contributed by atoms with Crippen molar-refractivity contribution in [3.63, 3.8) is 0 Å². The zero-order valence-electron chi connectivity index (χ0n) is 13.6. The summed E-state index contributed by atoms with van der Waals surface area (Å²) >= 11 is 6.09. The number of hydrogen-bond acceptors (Lipinski definition) is 4. The van der Waals surface area contributed by atoms with Crippen molar-refractivity contribution in [2.45, 2.75) is 13.3 Å². The van der Waals surface area contributed by atoms with Gasteiger partial charge < -0.3 is 5.32 Å². The Kier molecular flexibility index (Phi) is 4.07. The Bertz CT molecular complexity index is 1020. The lowest BCUT2D eigenvalue weighted by molar-refractivity contribution is 0.895. The SMILES string of the molecule is CCc1ccc(Nc2ncnc3c2cnn3-c2cccc(Cl)c2)cc1. The molecule has 6 heteroatoms. The van der Waals surface area contributed by atoms with Crippen LogP contribution in [0, 0.1) is 0 Å². The summed E-state index contributed by atoms with van der Waals surface area (Å²) in [6, 6.07) is 15.8. The Morgan fingerprint density at radius 1 is 1.08 bits per heavy atom. The van der Waals surface area contributed by atoms with E-state index in [4.69, 9.17) is 11.6 Å². The fourth-order valence-electron chi connectivity index (χ4n) is 2.70. The van der Waals surface area contributed by atoms with Gasteiger partial charge in [0.25, 0.3) is 0 Å². The van der Waals surface area contributed by atoms with Gasteiger partial charge in [-0.3, -0.25) is 0 Å². The number of nitrogens with one attached hydrogen (secondary N) is 1. The molecule has 4 aromatic rings. The molecule has 0 bridgehead atoms. The molecule has 0 spiro atoms. The average molecular weight is 350 g/mol. The third-order valence-electron chi connectivity index (χ3n) is 4.04. The number of hydrogen-bond donors (Lipinski definition) is 1. The minimum Gasteiger partial charge on any atom is -0.340 e. The van der Waals surface area contributed by atoms with Crippen LogP contribution in [0.15, 0.2) is 61.1 Å². The second-order valence-corrected chi connectivity index (χ2v) is 6.11.